The van der Waals surface area contributed by atoms with Crippen LogP contribution in [0.5, 0.6) is 23.0 Å². The Balaban J connectivity index is 1.67. The van der Waals surface area contributed by atoms with Gasteiger partial charge >= 0.3 is 12.0 Å². The van der Waals surface area contributed by atoms with Crippen molar-refractivity contribution < 1.29 is 38.1 Å². The molecule has 0 fully saturated rings. The quantitative estimate of drug-likeness (QED) is 0.131. The largest absolute Gasteiger partial charge is 0.493 e. The molecule has 12 nitrogen and oxygen atoms in total. The summed E-state index contributed by atoms with van der Waals surface area (Å²) >= 11 is 3.46. The zero-order valence-corrected chi connectivity index (χ0v) is 24.6. The van der Waals surface area contributed by atoms with Crippen molar-refractivity contribution in [3.05, 3.63) is 69.9 Å². The predicted octanol–water partition coefficient (Wildman–Crippen LogP) is 3.75. The molecule has 1 aliphatic rings. The molecule has 3 amide bonds. The highest BCUT2D eigenvalue weighted by atomic mass is 79.9. The lowest BCUT2D eigenvalue weighted by molar-refractivity contribution is -0.136. The number of ether oxygens (including phenoxy) is 5. The first-order chi connectivity index (χ1) is 19.7. The van der Waals surface area contributed by atoms with Crippen molar-refractivity contribution in [1.29, 1.82) is 0 Å². The summed E-state index contributed by atoms with van der Waals surface area (Å²) in [5, 5.41) is 9.26. The molecule has 1 atom stereocenters. The molecule has 0 bridgehead atoms. The van der Waals surface area contributed by atoms with Gasteiger partial charge in [0.2, 0.25) is 0 Å². The third-order valence-corrected chi connectivity index (χ3v) is 6.22. The van der Waals surface area contributed by atoms with Crippen LogP contribution in [0.2, 0.25) is 0 Å². The van der Waals surface area contributed by atoms with E-state index in [9.17, 15) is 14.4 Å². The number of rotatable bonds is 13. The number of allylic oxidation sites excluding steroid dienone is 1. The Hall–Kier alpha value is -4.52. The Morgan fingerprint density at radius 2 is 1.90 bits per heavy atom. The Morgan fingerprint density at radius 3 is 2.59 bits per heavy atom. The lowest BCUT2D eigenvalue weighted by Crippen LogP contribution is -2.45. The van der Waals surface area contributed by atoms with Crippen molar-refractivity contribution in [2.75, 3.05) is 34.0 Å². The minimum absolute atomic E-state index is 0.249. The fraction of sp³-hybridized carbons (Fsp3) is 0.286. The number of methoxy groups -OCH3 is 2. The maximum atomic E-state index is 12.4. The van der Waals surface area contributed by atoms with Crippen molar-refractivity contribution in [2.24, 2.45) is 5.10 Å². The minimum Gasteiger partial charge on any atom is -0.493 e. The van der Waals surface area contributed by atoms with E-state index in [0.29, 0.717) is 51.8 Å². The first kappa shape index (κ1) is 31.0. The van der Waals surface area contributed by atoms with Crippen LogP contribution in [-0.2, 0) is 14.3 Å². The second kappa shape index (κ2) is 14.7. The van der Waals surface area contributed by atoms with Gasteiger partial charge in [0.25, 0.3) is 5.91 Å². The van der Waals surface area contributed by atoms with Crippen molar-refractivity contribution in [3.63, 3.8) is 0 Å². The monoisotopic (exact) mass is 630 g/mol. The Labute approximate surface area is 245 Å². The SMILES string of the molecule is C=CCOc1c(Br)cc(/C=N\NC(=O)COc2ccc([C@@H]3NC(=O)NC(C)=C3C(=O)OC)cc2OC)cc1OCC. The molecule has 3 rings (SSSR count). The van der Waals surface area contributed by atoms with Crippen LogP contribution in [-0.4, -0.2) is 58.2 Å². The standard InChI is InChI=1S/C28H31BrN4O8/c1-6-10-40-26-19(29)11-17(12-22(26)39-7-2)14-30-33-23(34)15-41-20-9-8-18(13-21(20)37-4)25-24(27(35)38-5)16(3)31-28(36)32-25/h6,8-9,11-14,25H,1,7,10,15H2,2-5H3,(H,33,34)(H2,31,32,36)/b30-14-/t25-/m0/s1. The van der Waals surface area contributed by atoms with Gasteiger partial charge in [0, 0.05) is 5.70 Å². The molecule has 41 heavy (non-hydrogen) atoms. The lowest BCUT2D eigenvalue weighted by atomic mass is 9.95. The summed E-state index contributed by atoms with van der Waals surface area (Å²) in [6.07, 6.45) is 3.09. The summed E-state index contributed by atoms with van der Waals surface area (Å²) in [4.78, 5) is 36.8. The number of hydrogen-bond acceptors (Lipinski definition) is 9. The molecule has 1 heterocycles. The van der Waals surface area contributed by atoms with Crippen molar-refractivity contribution in [3.8, 4) is 23.0 Å². The average Bonchev–Trinajstić information content (AvgIpc) is 2.95. The molecule has 0 spiro atoms. The molecular formula is C28H31BrN4O8. The van der Waals surface area contributed by atoms with Crippen molar-refractivity contribution >= 4 is 40.1 Å². The number of esters is 1. The number of carbonyl (C=O) groups is 3. The number of carbonyl (C=O) groups excluding carboxylic acids is 3. The molecule has 13 heteroatoms. The second-order valence-corrected chi connectivity index (χ2v) is 9.27. The molecule has 0 aromatic heterocycles. The van der Waals surface area contributed by atoms with Crippen LogP contribution in [0.1, 0.15) is 31.0 Å². The number of halogens is 1. The highest BCUT2D eigenvalue weighted by molar-refractivity contribution is 9.10. The van der Waals surface area contributed by atoms with E-state index < -0.39 is 23.9 Å². The minimum atomic E-state index is -0.775. The zero-order valence-electron chi connectivity index (χ0n) is 23.0. The summed E-state index contributed by atoms with van der Waals surface area (Å²) in [5.41, 5.74) is 4.24. The van der Waals surface area contributed by atoms with Crippen LogP contribution < -0.4 is 35.0 Å². The molecule has 1 aliphatic heterocycles. The molecule has 0 radical (unpaired) electrons. The van der Waals surface area contributed by atoms with Crippen molar-refractivity contribution in [2.45, 2.75) is 19.9 Å². The molecule has 0 unspecified atom stereocenters. The number of nitrogens with one attached hydrogen (secondary N) is 3. The molecule has 2 aromatic rings. The summed E-state index contributed by atoms with van der Waals surface area (Å²) in [7, 11) is 2.69. The van der Waals surface area contributed by atoms with Crippen LogP contribution in [0.3, 0.4) is 0 Å². The van der Waals surface area contributed by atoms with Gasteiger partial charge in [-0.2, -0.15) is 5.10 Å². The van der Waals surface area contributed by atoms with E-state index in [1.54, 1.807) is 43.3 Å². The van der Waals surface area contributed by atoms with E-state index in [0.717, 1.165) is 0 Å². The molecule has 218 valence electrons. The lowest BCUT2D eigenvalue weighted by Gasteiger charge is -2.28. The van der Waals surface area contributed by atoms with E-state index in [-0.39, 0.29) is 17.9 Å². The van der Waals surface area contributed by atoms with E-state index >= 15 is 0 Å². The topological polar surface area (TPSA) is 146 Å². The highest BCUT2D eigenvalue weighted by Gasteiger charge is 2.32. The number of amides is 3. The van der Waals surface area contributed by atoms with Gasteiger partial charge in [-0.05, 0) is 65.2 Å². The average molecular weight is 631 g/mol. The summed E-state index contributed by atoms with van der Waals surface area (Å²) in [5.74, 6) is 0.520. The van der Waals surface area contributed by atoms with Gasteiger partial charge in [0.15, 0.2) is 29.6 Å². The third-order valence-electron chi connectivity index (χ3n) is 5.63. The first-order valence-corrected chi connectivity index (χ1v) is 13.2. The van der Waals surface area contributed by atoms with Gasteiger partial charge in [-0.3, -0.25) is 4.79 Å². The normalized spacial score (nSPS) is 14.6. The number of benzene rings is 2. The molecular weight excluding hydrogens is 600 g/mol. The summed E-state index contributed by atoms with van der Waals surface area (Å²) in [6, 6.07) is 7.10. The van der Waals surface area contributed by atoms with Gasteiger partial charge in [0.05, 0.1) is 43.1 Å². The smallest absolute Gasteiger partial charge is 0.337 e. The second-order valence-electron chi connectivity index (χ2n) is 8.42. The summed E-state index contributed by atoms with van der Waals surface area (Å²) < 4.78 is 27.9. The van der Waals surface area contributed by atoms with Crippen LogP contribution in [0, 0.1) is 0 Å². The van der Waals surface area contributed by atoms with Gasteiger partial charge < -0.3 is 34.3 Å². The maximum absolute atomic E-state index is 12.4. The fourth-order valence-electron chi connectivity index (χ4n) is 3.87. The van der Waals surface area contributed by atoms with E-state index in [1.807, 2.05) is 6.92 Å². The predicted molar refractivity (Wildman–Crippen MR) is 154 cm³/mol. The van der Waals surface area contributed by atoms with Gasteiger partial charge in [-0.25, -0.2) is 15.0 Å². The van der Waals surface area contributed by atoms with Crippen LogP contribution in [0.25, 0.3) is 0 Å². The Morgan fingerprint density at radius 1 is 1.12 bits per heavy atom. The van der Waals surface area contributed by atoms with Crippen LogP contribution >= 0.6 is 15.9 Å². The van der Waals surface area contributed by atoms with Crippen molar-refractivity contribution in [1.82, 2.24) is 16.1 Å². The maximum Gasteiger partial charge on any atom is 0.337 e. The number of hydrogen-bond donors (Lipinski definition) is 3. The molecule has 0 aliphatic carbocycles. The summed E-state index contributed by atoms with van der Waals surface area (Å²) in [6.45, 7) is 7.51. The van der Waals surface area contributed by atoms with E-state index in [1.165, 1.54) is 20.4 Å². The fourth-order valence-corrected chi connectivity index (χ4v) is 4.44. The first-order valence-electron chi connectivity index (χ1n) is 12.4. The molecule has 0 saturated heterocycles. The third kappa shape index (κ3) is 8.01. The van der Waals surface area contributed by atoms with Crippen LogP contribution in [0.4, 0.5) is 4.79 Å². The Kier molecular flexibility index (Phi) is 11.2. The highest BCUT2D eigenvalue weighted by Crippen LogP contribution is 2.37. The van der Waals surface area contributed by atoms with E-state index in [2.05, 4.69) is 43.7 Å². The number of nitrogens with zero attached hydrogens (tertiary/aromatic N) is 1. The Bertz CT molecular complexity index is 1380. The number of hydrazone groups is 1. The zero-order chi connectivity index (χ0) is 29.9. The van der Waals surface area contributed by atoms with Gasteiger partial charge in [-0.1, -0.05) is 18.7 Å². The molecule has 2 aromatic carbocycles. The number of urea groups is 1. The van der Waals surface area contributed by atoms with Gasteiger partial charge in [-0.15, -0.1) is 0 Å². The van der Waals surface area contributed by atoms with Crippen LogP contribution in [0.15, 0.2) is 63.8 Å². The van der Waals surface area contributed by atoms with Gasteiger partial charge in [0.1, 0.15) is 6.61 Å². The van der Waals surface area contributed by atoms with E-state index in [4.69, 9.17) is 23.7 Å². The molecule has 3 N–H and O–H groups in total. The molecule has 0 saturated carbocycles.